The molecule has 0 saturated heterocycles. The summed E-state index contributed by atoms with van der Waals surface area (Å²) in [7, 11) is 0. The molecular formula is C6H10O5Zr. The smallest absolute Gasteiger partial charge is 2.00 e. The van der Waals surface area contributed by atoms with Crippen molar-refractivity contribution in [3.63, 3.8) is 0 Å². The van der Waals surface area contributed by atoms with Gasteiger partial charge < -0.3 is 25.3 Å². The zero-order valence-electron chi connectivity index (χ0n) is 6.96. The van der Waals surface area contributed by atoms with Gasteiger partial charge >= 0.3 is 26.2 Å². The Morgan fingerprint density at radius 1 is 1.00 bits per heavy atom. The molecule has 0 aromatic carbocycles. The maximum atomic E-state index is 9.26. The Balaban J connectivity index is -0.0000000457. The first-order chi connectivity index (χ1) is 4.54. The van der Waals surface area contributed by atoms with Crippen molar-refractivity contribution >= 4 is 11.9 Å². The SMILES string of the molecule is CCC(=O)[O-].CCC(=O)[O-].[O-2].[Zr+4]. The summed E-state index contributed by atoms with van der Waals surface area (Å²) in [4.78, 5) is 18.5. The molecule has 5 nitrogen and oxygen atoms in total. The molecule has 0 amide bonds. The van der Waals surface area contributed by atoms with E-state index >= 15 is 0 Å². The molecular weight excluding hydrogens is 243 g/mol. The fourth-order valence-corrected chi connectivity index (χ4v) is 0. The van der Waals surface area contributed by atoms with Crippen molar-refractivity contribution in [3.8, 4) is 0 Å². The number of hydrogen-bond acceptors (Lipinski definition) is 4. The summed E-state index contributed by atoms with van der Waals surface area (Å²) < 4.78 is 0. The summed E-state index contributed by atoms with van der Waals surface area (Å²) in [5, 5.41) is 18.5. The van der Waals surface area contributed by atoms with Crippen LogP contribution in [0.25, 0.3) is 0 Å². The Kier molecular flexibility index (Phi) is 32.1. The average Bonchev–Trinajstić information content (AvgIpc) is 1.89. The molecule has 0 aromatic rings. The van der Waals surface area contributed by atoms with Gasteiger partial charge in [-0.25, -0.2) is 0 Å². The van der Waals surface area contributed by atoms with Crippen LogP contribution in [0.5, 0.6) is 0 Å². The molecule has 12 heavy (non-hydrogen) atoms. The van der Waals surface area contributed by atoms with Crippen LogP contribution in [0.1, 0.15) is 26.7 Å². The molecule has 0 heterocycles. The summed E-state index contributed by atoms with van der Waals surface area (Å²) in [6.45, 7) is 3.07. The van der Waals surface area contributed by atoms with Gasteiger partial charge in [-0.3, -0.25) is 0 Å². The summed E-state index contributed by atoms with van der Waals surface area (Å²) in [5.41, 5.74) is 0. The monoisotopic (exact) mass is 252 g/mol. The summed E-state index contributed by atoms with van der Waals surface area (Å²) in [5.74, 6) is -1.99. The molecule has 0 aliphatic carbocycles. The van der Waals surface area contributed by atoms with Crippen molar-refractivity contribution in [1.82, 2.24) is 0 Å². The number of rotatable bonds is 2. The Labute approximate surface area is 90.2 Å². The zero-order chi connectivity index (χ0) is 8.57. The molecule has 0 saturated carbocycles. The van der Waals surface area contributed by atoms with Gasteiger partial charge in [-0.05, 0) is 12.8 Å². The summed E-state index contributed by atoms with van der Waals surface area (Å²) in [6, 6.07) is 0. The van der Waals surface area contributed by atoms with Crippen LogP contribution in [0.4, 0.5) is 0 Å². The van der Waals surface area contributed by atoms with Crippen LogP contribution < -0.4 is 10.2 Å². The topological polar surface area (TPSA) is 109 Å². The molecule has 0 rings (SSSR count). The predicted octanol–water partition coefficient (Wildman–Crippen LogP) is -1.83. The Morgan fingerprint density at radius 3 is 1.08 bits per heavy atom. The van der Waals surface area contributed by atoms with Crippen LogP contribution in [0.3, 0.4) is 0 Å². The standard InChI is InChI=1S/2C3H6O2.O.Zr/c2*1-2-3(4)5;;/h2*2H2,1H3,(H,4,5);;/q;;-2;+4/p-2. The fraction of sp³-hybridized carbons (Fsp3) is 0.667. The van der Waals surface area contributed by atoms with E-state index in [2.05, 4.69) is 0 Å². The van der Waals surface area contributed by atoms with Crippen molar-refractivity contribution in [2.24, 2.45) is 0 Å². The van der Waals surface area contributed by atoms with Gasteiger partial charge in [-0.15, -0.1) is 0 Å². The summed E-state index contributed by atoms with van der Waals surface area (Å²) >= 11 is 0. The van der Waals surface area contributed by atoms with E-state index in [9.17, 15) is 19.8 Å². The minimum Gasteiger partial charge on any atom is -2.00 e. The first-order valence-electron chi connectivity index (χ1n) is 2.94. The fourth-order valence-electron chi connectivity index (χ4n) is 0. The molecule has 0 N–H and O–H groups in total. The van der Waals surface area contributed by atoms with Gasteiger partial charge in [-0.2, -0.15) is 0 Å². The van der Waals surface area contributed by atoms with E-state index in [1.165, 1.54) is 13.8 Å². The zero-order valence-corrected chi connectivity index (χ0v) is 9.41. The van der Waals surface area contributed by atoms with Crippen LogP contribution in [0.2, 0.25) is 0 Å². The molecule has 0 aromatic heterocycles. The van der Waals surface area contributed by atoms with Crippen LogP contribution in [0, 0.1) is 0 Å². The number of carboxylic acids is 2. The first kappa shape index (κ1) is 22.6. The molecule has 0 bridgehead atoms. The molecule has 0 spiro atoms. The van der Waals surface area contributed by atoms with E-state index < -0.39 is 11.9 Å². The largest absolute Gasteiger partial charge is 4.00 e. The normalized spacial score (nSPS) is 6.17. The molecule has 0 aliphatic heterocycles. The van der Waals surface area contributed by atoms with Crippen LogP contribution >= 0.6 is 0 Å². The van der Waals surface area contributed by atoms with Crippen molar-refractivity contribution in [1.29, 1.82) is 0 Å². The van der Waals surface area contributed by atoms with Crippen LogP contribution in [0.15, 0.2) is 0 Å². The van der Waals surface area contributed by atoms with Gasteiger partial charge in [0, 0.05) is 11.9 Å². The number of hydrogen-bond donors (Lipinski definition) is 0. The second-order valence-electron chi connectivity index (χ2n) is 1.45. The maximum absolute atomic E-state index is 9.26. The van der Waals surface area contributed by atoms with Crippen molar-refractivity contribution in [2.45, 2.75) is 26.7 Å². The molecule has 0 atom stereocenters. The van der Waals surface area contributed by atoms with Crippen molar-refractivity contribution in [2.75, 3.05) is 0 Å². The van der Waals surface area contributed by atoms with Gasteiger partial charge in [0.05, 0.1) is 0 Å². The van der Waals surface area contributed by atoms with Gasteiger partial charge in [0.2, 0.25) is 0 Å². The van der Waals surface area contributed by atoms with Crippen LogP contribution in [-0.2, 0) is 41.3 Å². The third-order valence-electron chi connectivity index (χ3n) is 0.577. The molecule has 6 heteroatoms. The van der Waals surface area contributed by atoms with E-state index in [0.717, 1.165) is 0 Å². The van der Waals surface area contributed by atoms with Gasteiger partial charge in [0.1, 0.15) is 0 Å². The average molecular weight is 253 g/mol. The minimum absolute atomic E-state index is 0. The van der Waals surface area contributed by atoms with Crippen LogP contribution in [-0.4, -0.2) is 11.9 Å². The minimum atomic E-state index is -0.995. The Bertz CT molecular complexity index is 101. The second-order valence-corrected chi connectivity index (χ2v) is 1.45. The number of carboxylic acid groups (broad SMARTS) is 2. The van der Waals surface area contributed by atoms with Gasteiger partial charge in [-0.1, -0.05) is 13.8 Å². The predicted molar refractivity (Wildman–Crippen MR) is 31.3 cm³/mol. The third-order valence-corrected chi connectivity index (χ3v) is 0.577. The molecule has 0 unspecified atom stereocenters. The van der Waals surface area contributed by atoms with E-state index in [1.807, 2.05) is 0 Å². The van der Waals surface area contributed by atoms with Crippen molar-refractivity contribution in [3.05, 3.63) is 0 Å². The third kappa shape index (κ3) is 52.7. The van der Waals surface area contributed by atoms with Gasteiger partial charge in [0.25, 0.3) is 0 Å². The van der Waals surface area contributed by atoms with E-state index in [4.69, 9.17) is 0 Å². The number of carbonyl (C=O) groups is 2. The Morgan fingerprint density at radius 2 is 1.08 bits per heavy atom. The maximum Gasteiger partial charge on any atom is 4.00 e. The number of carbonyl (C=O) groups excluding carboxylic acids is 2. The quantitative estimate of drug-likeness (QED) is 0.576. The molecule has 0 radical (unpaired) electrons. The molecule has 0 aliphatic rings. The molecule has 68 valence electrons. The van der Waals surface area contributed by atoms with Crippen molar-refractivity contribution < 1.29 is 51.5 Å². The first-order valence-corrected chi connectivity index (χ1v) is 2.94. The Hall–Kier alpha value is -0.217. The van der Waals surface area contributed by atoms with E-state index in [0.29, 0.717) is 0 Å². The second kappa shape index (κ2) is 17.0. The summed E-state index contributed by atoms with van der Waals surface area (Å²) in [6.07, 6.45) is 0.222. The van der Waals surface area contributed by atoms with Gasteiger partial charge in [0.15, 0.2) is 0 Å². The van der Waals surface area contributed by atoms with E-state index in [1.54, 1.807) is 0 Å². The molecule has 0 fully saturated rings. The van der Waals surface area contributed by atoms with E-state index in [-0.39, 0.29) is 44.5 Å². The number of aliphatic carboxylic acids is 2.